The maximum absolute atomic E-state index is 13.3. The van der Waals surface area contributed by atoms with Gasteiger partial charge in [-0.1, -0.05) is 11.6 Å². The highest BCUT2D eigenvalue weighted by atomic mass is 35.5. The van der Waals surface area contributed by atoms with Crippen molar-refractivity contribution in [1.82, 2.24) is 9.55 Å². The van der Waals surface area contributed by atoms with Gasteiger partial charge in [0.15, 0.2) is 0 Å². The normalized spacial score (nSPS) is 10.6. The van der Waals surface area contributed by atoms with Gasteiger partial charge in [-0.3, -0.25) is 0 Å². The molecule has 1 aromatic carbocycles. The molecule has 0 aliphatic heterocycles. The third-order valence-corrected chi connectivity index (χ3v) is 2.86. The standard InChI is InChI=1S/C12H13ClFN3/c1-3-17-5-4-15-12(17)16-11-6-8(2)10(14)7-9(11)13/h4-7H,3H2,1-2H3,(H,15,16). The van der Waals surface area contributed by atoms with Crippen LogP contribution in [0.3, 0.4) is 0 Å². The van der Waals surface area contributed by atoms with Gasteiger partial charge in [-0.25, -0.2) is 9.37 Å². The molecule has 90 valence electrons. The summed E-state index contributed by atoms with van der Waals surface area (Å²) in [5.41, 5.74) is 1.21. The predicted octanol–water partition coefficient (Wildman–Crippen LogP) is 3.75. The van der Waals surface area contributed by atoms with Crippen LogP contribution in [0.25, 0.3) is 0 Å². The molecule has 0 aliphatic carbocycles. The topological polar surface area (TPSA) is 29.9 Å². The second-order valence-electron chi connectivity index (χ2n) is 3.74. The number of imidazole rings is 1. The van der Waals surface area contributed by atoms with Gasteiger partial charge in [0.25, 0.3) is 0 Å². The molecule has 17 heavy (non-hydrogen) atoms. The summed E-state index contributed by atoms with van der Waals surface area (Å²) < 4.78 is 15.2. The molecule has 0 bridgehead atoms. The van der Waals surface area contributed by atoms with Crippen molar-refractivity contribution in [3.63, 3.8) is 0 Å². The summed E-state index contributed by atoms with van der Waals surface area (Å²) in [7, 11) is 0. The van der Waals surface area contributed by atoms with E-state index in [1.807, 2.05) is 17.7 Å². The van der Waals surface area contributed by atoms with Crippen LogP contribution in [-0.2, 0) is 6.54 Å². The number of anilines is 2. The Morgan fingerprint density at radius 1 is 1.47 bits per heavy atom. The Labute approximate surface area is 104 Å². The Morgan fingerprint density at radius 2 is 2.24 bits per heavy atom. The van der Waals surface area contributed by atoms with Gasteiger partial charge in [0, 0.05) is 18.9 Å². The van der Waals surface area contributed by atoms with Crippen LogP contribution in [0.1, 0.15) is 12.5 Å². The molecular formula is C12H13ClFN3. The van der Waals surface area contributed by atoms with E-state index < -0.39 is 0 Å². The zero-order valence-electron chi connectivity index (χ0n) is 9.67. The number of hydrogen-bond acceptors (Lipinski definition) is 2. The smallest absolute Gasteiger partial charge is 0.207 e. The third kappa shape index (κ3) is 2.42. The summed E-state index contributed by atoms with van der Waals surface area (Å²) in [6.45, 7) is 4.52. The SMILES string of the molecule is CCn1ccnc1Nc1cc(C)c(F)cc1Cl. The number of halogens is 2. The lowest BCUT2D eigenvalue weighted by Crippen LogP contribution is -2.02. The van der Waals surface area contributed by atoms with Crippen LogP contribution >= 0.6 is 11.6 Å². The Kier molecular flexibility index (Phi) is 3.33. The minimum Gasteiger partial charge on any atom is -0.324 e. The largest absolute Gasteiger partial charge is 0.324 e. The Morgan fingerprint density at radius 3 is 2.94 bits per heavy atom. The van der Waals surface area contributed by atoms with Gasteiger partial charge >= 0.3 is 0 Å². The summed E-state index contributed by atoms with van der Waals surface area (Å²) in [6.07, 6.45) is 3.57. The van der Waals surface area contributed by atoms with Crippen molar-refractivity contribution in [2.24, 2.45) is 0 Å². The summed E-state index contributed by atoms with van der Waals surface area (Å²) in [4.78, 5) is 4.17. The van der Waals surface area contributed by atoms with E-state index in [-0.39, 0.29) is 5.82 Å². The van der Waals surface area contributed by atoms with Gasteiger partial charge in [-0.2, -0.15) is 0 Å². The molecule has 0 fully saturated rings. The fraction of sp³-hybridized carbons (Fsp3) is 0.250. The fourth-order valence-electron chi connectivity index (χ4n) is 1.56. The van der Waals surface area contributed by atoms with Gasteiger partial charge in [0.1, 0.15) is 5.82 Å². The number of benzene rings is 1. The number of nitrogens with zero attached hydrogens (tertiary/aromatic N) is 2. The van der Waals surface area contributed by atoms with E-state index in [1.165, 1.54) is 6.07 Å². The van der Waals surface area contributed by atoms with Gasteiger partial charge < -0.3 is 9.88 Å². The maximum atomic E-state index is 13.3. The highest BCUT2D eigenvalue weighted by Gasteiger charge is 2.08. The first-order valence-corrected chi connectivity index (χ1v) is 5.73. The molecular weight excluding hydrogens is 241 g/mol. The zero-order valence-corrected chi connectivity index (χ0v) is 10.4. The van der Waals surface area contributed by atoms with E-state index in [0.29, 0.717) is 22.2 Å². The van der Waals surface area contributed by atoms with E-state index in [0.717, 1.165) is 6.54 Å². The van der Waals surface area contributed by atoms with E-state index in [2.05, 4.69) is 10.3 Å². The summed E-state index contributed by atoms with van der Waals surface area (Å²) in [5.74, 6) is 0.389. The van der Waals surface area contributed by atoms with Crippen molar-refractivity contribution in [3.8, 4) is 0 Å². The highest BCUT2D eigenvalue weighted by Crippen LogP contribution is 2.27. The quantitative estimate of drug-likeness (QED) is 0.903. The van der Waals surface area contributed by atoms with Crippen LogP contribution < -0.4 is 5.32 Å². The van der Waals surface area contributed by atoms with Crippen molar-refractivity contribution >= 4 is 23.2 Å². The first-order valence-electron chi connectivity index (χ1n) is 5.35. The number of hydrogen-bond donors (Lipinski definition) is 1. The molecule has 0 aliphatic rings. The third-order valence-electron chi connectivity index (χ3n) is 2.55. The molecule has 5 heteroatoms. The molecule has 0 saturated heterocycles. The monoisotopic (exact) mass is 253 g/mol. The fourth-order valence-corrected chi connectivity index (χ4v) is 1.76. The molecule has 0 amide bonds. The van der Waals surface area contributed by atoms with Crippen LogP contribution in [0, 0.1) is 12.7 Å². The molecule has 1 aromatic heterocycles. The molecule has 0 spiro atoms. The Hall–Kier alpha value is -1.55. The Balaban J connectivity index is 2.33. The number of aromatic nitrogens is 2. The van der Waals surface area contributed by atoms with Crippen molar-refractivity contribution in [1.29, 1.82) is 0 Å². The summed E-state index contributed by atoms with van der Waals surface area (Å²) >= 11 is 5.97. The van der Waals surface area contributed by atoms with E-state index >= 15 is 0 Å². The molecule has 3 nitrogen and oxygen atoms in total. The average molecular weight is 254 g/mol. The number of nitrogens with one attached hydrogen (secondary N) is 1. The lowest BCUT2D eigenvalue weighted by Gasteiger charge is -2.10. The van der Waals surface area contributed by atoms with Gasteiger partial charge in [-0.15, -0.1) is 0 Å². The number of rotatable bonds is 3. The predicted molar refractivity (Wildman–Crippen MR) is 67.3 cm³/mol. The molecule has 0 radical (unpaired) electrons. The first-order chi connectivity index (χ1) is 8.11. The zero-order chi connectivity index (χ0) is 12.4. The van der Waals surface area contributed by atoms with Crippen LogP contribution in [0.5, 0.6) is 0 Å². The minimum atomic E-state index is -0.306. The number of aryl methyl sites for hydroxylation is 2. The second kappa shape index (κ2) is 4.75. The van der Waals surface area contributed by atoms with Crippen LogP contribution in [0.4, 0.5) is 16.0 Å². The molecule has 0 atom stereocenters. The van der Waals surface area contributed by atoms with E-state index in [4.69, 9.17) is 11.6 Å². The molecule has 1 N–H and O–H groups in total. The lowest BCUT2D eigenvalue weighted by molar-refractivity contribution is 0.619. The summed E-state index contributed by atoms with van der Waals surface area (Å²) in [6, 6.07) is 2.98. The van der Waals surface area contributed by atoms with Crippen LogP contribution in [-0.4, -0.2) is 9.55 Å². The minimum absolute atomic E-state index is 0.306. The van der Waals surface area contributed by atoms with Crippen LogP contribution in [0.2, 0.25) is 5.02 Å². The molecule has 2 rings (SSSR count). The molecule has 2 aromatic rings. The van der Waals surface area contributed by atoms with Gasteiger partial charge in [0.05, 0.1) is 10.7 Å². The van der Waals surface area contributed by atoms with Crippen LogP contribution in [0.15, 0.2) is 24.5 Å². The van der Waals surface area contributed by atoms with Gasteiger partial charge in [0.2, 0.25) is 5.95 Å². The van der Waals surface area contributed by atoms with Gasteiger partial charge in [-0.05, 0) is 31.5 Å². The van der Waals surface area contributed by atoms with E-state index in [9.17, 15) is 4.39 Å². The van der Waals surface area contributed by atoms with Crippen molar-refractivity contribution in [2.75, 3.05) is 5.32 Å². The molecule has 1 heterocycles. The van der Waals surface area contributed by atoms with E-state index in [1.54, 1.807) is 19.2 Å². The summed E-state index contributed by atoms with van der Waals surface area (Å²) in [5, 5.41) is 3.44. The average Bonchev–Trinajstić information content (AvgIpc) is 2.73. The van der Waals surface area contributed by atoms with Crippen molar-refractivity contribution in [3.05, 3.63) is 40.9 Å². The van der Waals surface area contributed by atoms with Crippen molar-refractivity contribution < 1.29 is 4.39 Å². The second-order valence-corrected chi connectivity index (χ2v) is 4.15. The lowest BCUT2D eigenvalue weighted by atomic mass is 10.2. The highest BCUT2D eigenvalue weighted by molar-refractivity contribution is 6.33. The first kappa shape index (κ1) is 11.9. The molecule has 0 saturated carbocycles. The maximum Gasteiger partial charge on any atom is 0.207 e. The Bertz CT molecular complexity index is 537. The molecule has 0 unspecified atom stereocenters. The van der Waals surface area contributed by atoms with Crippen molar-refractivity contribution in [2.45, 2.75) is 20.4 Å².